The number of hydrogen-bond acceptors (Lipinski definition) is 3. The first kappa shape index (κ1) is 12.8. The Balaban J connectivity index is 1.91. The summed E-state index contributed by atoms with van der Waals surface area (Å²) in [7, 11) is -3.32. The minimum atomic E-state index is -3.32. The van der Waals surface area contributed by atoms with Crippen LogP contribution >= 0.6 is 0 Å². The molecule has 0 heterocycles. The number of carboxylic acid groups (broad SMARTS) is 1. The SMILES string of the molecule is O=C(O)C1(CNS(=O)(=O)C2CCCCC2)CC1. The van der Waals surface area contributed by atoms with Gasteiger partial charge in [-0.15, -0.1) is 0 Å². The maximum Gasteiger partial charge on any atom is 0.310 e. The zero-order chi connectivity index (χ0) is 12.5. The normalized spacial score (nSPS) is 24.5. The van der Waals surface area contributed by atoms with Crippen molar-refractivity contribution < 1.29 is 18.3 Å². The molecule has 2 aliphatic rings. The number of carboxylic acids is 1. The van der Waals surface area contributed by atoms with Crippen LogP contribution in [-0.2, 0) is 14.8 Å². The highest BCUT2D eigenvalue weighted by atomic mass is 32.2. The highest BCUT2D eigenvalue weighted by Gasteiger charge is 2.50. The first-order valence-electron chi connectivity index (χ1n) is 6.18. The van der Waals surface area contributed by atoms with Crippen LogP contribution in [0.2, 0.25) is 0 Å². The summed E-state index contributed by atoms with van der Waals surface area (Å²) in [5.41, 5.74) is -0.818. The van der Waals surface area contributed by atoms with Crippen molar-refractivity contribution in [1.29, 1.82) is 0 Å². The lowest BCUT2D eigenvalue weighted by atomic mass is 10.0. The Kier molecular flexibility index (Phi) is 3.45. The Morgan fingerprint density at radius 3 is 2.29 bits per heavy atom. The number of rotatable bonds is 5. The van der Waals surface area contributed by atoms with E-state index in [2.05, 4.69) is 4.72 Å². The summed E-state index contributed by atoms with van der Waals surface area (Å²) in [5, 5.41) is 8.66. The van der Waals surface area contributed by atoms with Gasteiger partial charge in [0.05, 0.1) is 10.7 Å². The molecule has 2 fully saturated rings. The third-order valence-electron chi connectivity index (χ3n) is 3.91. The van der Waals surface area contributed by atoms with Crippen LogP contribution < -0.4 is 4.72 Å². The average Bonchev–Trinajstić information content (AvgIpc) is 3.09. The number of hydrogen-bond donors (Lipinski definition) is 2. The molecule has 98 valence electrons. The summed E-state index contributed by atoms with van der Waals surface area (Å²) in [6.07, 6.45) is 5.58. The van der Waals surface area contributed by atoms with Crippen molar-refractivity contribution in [3.8, 4) is 0 Å². The molecule has 0 bridgehead atoms. The standard InChI is InChI=1S/C11H19NO4S/c13-10(14)11(6-7-11)8-12-17(15,16)9-4-2-1-3-5-9/h9,12H,1-8H2,(H,13,14). The van der Waals surface area contributed by atoms with Gasteiger partial charge in [-0.3, -0.25) is 4.79 Å². The molecule has 17 heavy (non-hydrogen) atoms. The van der Waals surface area contributed by atoms with E-state index in [1.807, 2.05) is 0 Å². The molecule has 2 aliphatic carbocycles. The molecule has 0 unspecified atom stereocenters. The van der Waals surface area contributed by atoms with Crippen molar-refractivity contribution in [2.45, 2.75) is 50.2 Å². The molecule has 6 heteroatoms. The summed E-state index contributed by atoms with van der Waals surface area (Å²) < 4.78 is 26.5. The summed E-state index contributed by atoms with van der Waals surface area (Å²) in [6, 6.07) is 0. The van der Waals surface area contributed by atoms with Crippen LogP contribution in [0.3, 0.4) is 0 Å². The number of aliphatic carboxylic acids is 1. The number of carbonyl (C=O) groups is 1. The summed E-state index contributed by atoms with van der Waals surface area (Å²) in [4.78, 5) is 10.9. The van der Waals surface area contributed by atoms with Gasteiger partial charge in [0.15, 0.2) is 0 Å². The largest absolute Gasteiger partial charge is 0.481 e. The van der Waals surface area contributed by atoms with Gasteiger partial charge < -0.3 is 5.11 Å². The van der Waals surface area contributed by atoms with Crippen molar-refractivity contribution in [2.24, 2.45) is 5.41 Å². The molecule has 0 aliphatic heterocycles. The molecule has 0 aromatic heterocycles. The maximum atomic E-state index is 12.0. The Morgan fingerprint density at radius 2 is 1.82 bits per heavy atom. The lowest BCUT2D eigenvalue weighted by Crippen LogP contribution is -2.40. The molecule has 2 saturated carbocycles. The van der Waals surface area contributed by atoms with Crippen LogP contribution in [0.25, 0.3) is 0 Å². The van der Waals surface area contributed by atoms with Crippen LogP contribution in [0.1, 0.15) is 44.9 Å². The second kappa shape index (κ2) is 4.57. The van der Waals surface area contributed by atoms with Gasteiger partial charge in [0.2, 0.25) is 10.0 Å². The predicted molar refractivity (Wildman–Crippen MR) is 63.1 cm³/mol. The van der Waals surface area contributed by atoms with Gasteiger partial charge in [-0.05, 0) is 25.7 Å². The molecule has 0 spiro atoms. The van der Waals surface area contributed by atoms with Crippen molar-refractivity contribution in [3.05, 3.63) is 0 Å². The fraction of sp³-hybridized carbons (Fsp3) is 0.909. The second-order valence-electron chi connectivity index (χ2n) is 5.21. The molecule has 0 aromatic carbocycles. The fourth-order valence-electron chi connectivity index (χ4n) is 2.35. The lowest BCUT2D eigenvalue weighted by Gasteiger charge is -2.22. The van der Waals surface area contributed by atoms with E-state index in [4.69, 9.17) is 5.11 Å². The van der Waals surface area contributed by atoms with E-state index in [1.165, 1.54) is 0 Å². The monoisotopic (exact) mass is 261 g/mol. The van der Waals surface area contributed by atoms with Gasteiger partial charge in [-0.25, -0.2) is 13.1 Å². The molecule has 0 radical (unpaired) electrons. The molecule has 0 atom stereocenters. The quantitative estimate of drug-likeness (QED) is 0.776. The number of sulfonamides is 1. The second-order valence-corrected chi connectivity index (χ2v) is 7.26. The summed E-state index contributed by atoms with van der Waals surface area (Å²) >= 11 is 0. The van der Waals surface area contributed by atoms with E-state index in [9.17, 15) is 13.2 Å². The Bertz CT molecular complexity index is 394. The third-order valence-corrected chi connectivity index (χ3v) is 5.81. The molecular formula is C11H19NO4S. The predicted octanol–water partition coefficient (Wildman–Crippen LogP) is 1.10. The number of nitrogens with one attached hydrogen (secondary N) is 1. The van der Waals surface area contributed by atoms with Crippen LogP contribution in [0.15, 0.2) is 0 Å². The molecule has 5 nitrogen and oxygen atoms in total. The fourth-order valence-corrected chi connectivity index (χ4v) is 4.02. The van der Waals surface area contributed by atoms with Crippen molar-refractivity contribution in [2.75, 3.05) is 6.54 Å². The average molecular weight is 261 g/mol. The molecular weight excluding hydrogens is 242 g/mol. The Morgan fingerprint density at radius 1 is 1.24 bits per heavy atom. The van der Waals surface area contributed by atoms with Gasteiger partial charge in [0.25, 0.3) is 0 Å². The molecule has 2 rings (SSSR count). The highest BCUT2D eigenvalue weighted by molar-refractivity contribution is 7.90. The van der Waals surface area contributed by atoms with E-state index in [1.54, 1.807) is 0 Å². The molecule has 0 amide bonds. The zero-order valence-corrected chi connectivity index (χ0v) is 10.6. The first-order valence-corrected chi connectivity index (χ1v) is 7.73. The van der Waals surface area contributed by atoms with Crippen LogP contribution in [0.4, 0.5) is 0 Å². The highest BCUT2D eigenvalue weighted by Crippen LogP contribution is 2.45. The van der Waals surface area contributed by atoms with Crippen molar-refractivity contribution in [1.82, 2.24) is 4.72 Å². The van der Waals surface area contributed by atoms with Crippen LogP contribution in [0, 0.1) is 5.41 Å². The third kappa shape index (κ3) is 2.80. The van der Waals surface area contributed by atoms with E-state index < -0.39 is 21.4 Å². The Labute approximate surface area is 102 Å². The van der Waals surface area contributed by atoms with Gasteiger partial charge in [-0.2, -0.15) is 0 Å². The lowest BCUT2D eigenvalue weighted by molar-refractivity contribution is -0.143. The zero-order valence-electron chi connectivity index (χ0n) is 9.81. The van der Waals surface area contributed by atoms with Gasteiger partial charge >= 0.3 is 5.97 Å². The maximum absolute atomic E-state index is 12.0. The molecule has 2 N–H and O–H groups in total. The van der Waals surface area contributed by atoms with Gasteiger partial charge in [0, 0.05) is 6.54 Å². The van der Waals surface area contributed by atoms with Gasteiger partial charge in [-0.1, -0.05) is 19.3 Å². The van der Waals surface area contributed by atoms with E-state index in [-0.39, 0.29) is 11.8 Å². The smallest absolute Gasteiger partial charge is 0.310 e. The summed E-state index contributed by atoms with van der Waals surface area (Å²) in [6.45, 7) is 0.0567. The van der Waals surface area contributed by atoms with E-state index in [0.717, 1.165) is 19.3 Å². The van der Waals surface area contributed by atoms with Crippen LogP contribution in [0.5, 0.6) is 0 Å². The van der Waals surface area contributed by atoms with Crippen molar-refractivity contribution >= 4 is 16.0 Å². The molecule has 0 aromatic rings. The van der Waals surface area contributed by atoms with Crippen molar-refractivity contribution in [3.63, 3.8) is 0 Å². The van der Waals surface area contributed by atoms with E-state index in [0.29, 0.717) is 25.7 Å². The topological polar surface area (TPSA) is 83.5 Å². The summed E-state index contributed by atoms with van der Waals surface area (Å²) in [5.74, 6) is -0.885. The van der Waals surface area contributed by atoms with Gasteiger partial charge in [0.1, 0.15) is 0 Å². The minimum Gasteiger partial charge on any atom is -0.481 e. The minimum absolute atomic E-state index is 0.0567. The Hall–Kier alpha value is -0.620. The van der Waals surface area contributed by atoms with E-state index >= 15 is 0 Å². The van der Waals surface area contributed by atoms with Crippen LogP contribution in [-0.4, -0.2) is 31.3 Å². The molecule has 0 saturated heterocycles. The first-order chi connectivity index (χ1) is 7.96.